The molecule has 1 unspecified atom stereocenters. The molecule has 3 rings (SSSR count). The lowest BCUT2D eigenvalue weighted by Crippen LogP contribution is -2.44. The second kappa shape index (κ2) is 10.1. The predicted octanol–water partition coefficient (Wildman–Crippen LogP) is 2.39. The summed E-state index contributed by atoms with van der Waals surface area (Å²) < 4.78 is 41.6. The van der Waals surface area contributed by atoms with Crippen LogP contribution in [-0.4, -0.2) is 51.5 Å². The highest BCUT2D eigenvalue weighted by Gasteiger charge is 2.28. The molecule has 1 aliphatic heterocycles. The number of benzene rings is 2. The monoisotopic (exact) mass is 466 g/mol. The highest BCUT2D eigenvalue weighted by Crippen LogP contribution is 2.22. The Bertz CT molecular complexity index is 1060. The van der Waals surface area contributed by atoms with Crippen LogP contribution < -0.4 is 20.3 Å². The Labute approximate surface area is 184 Å². The molecule has 1 atom stereocenters. The molecule has 8 nitrogen and oxygen atoms in total. The molecule has 1 aliphatic rings. The van der Waals surface area contributed by atoms with E-state index in [0.717, 1.165) is 12.1 Å². The first-order valence-electron chi connectivity index (χ1n) is 9.54. The number of halogens is 1. The number of carbonyl (C=O) groups excluding carboxylic acids is 2. The maximum atomic E-state index is 14.0. The minimum Gasteiger partial charge on any atom is -0.336 e. The van der Waals surface area contributed by atoms with Crippen molar-refractivity contribution in [1.82, 2.24) is 10.0 Å². The summed E-state index contributed by atoms with van der Waals surface area (Å²) in [6, 6.07) is 10.4. The van der Waals surface area contributed by atoms with Gasteiger partial charge in [0.25, 0.3) is 0 Å². The van der Waals surface area contributed by atoms with E-state index >= 15 is 0 Å². The largest absolute Gasteiger partial charge is 0.336 e. The summed E-state index contributed by atoms with van der Waals surface area (Å²) in [4.78, 5) is 25.8. The van der Waals surface area contributed by atoms with Gasteiger partial charge in [0.15, 0.2) is 0 Å². The van der Waals surface area contributed by atoms with Crippen molar-refractivity contribution in [3.05, 3.63) is 54.3 Å². The molecule has 0 aliphatic carbocycles. The number of amides is 3. The van der Waals surface area contributed by atoms with E-state index in [0.29, 0.717) is 30.2 Å². The summed E-state index contributed by atoms with van der Waals surface area (Å²) >= 11 is 1.46. The number of nitrogens with one attached hydrogen (secondary N) is 3. The van der Waals surface area contributed by atoms with E-state index in [9.17, 15) is 22.4 Å². The molecule has 2 aromatic carbocycles. The summed E-state index contributed by atoms with van der Waals surface area (Å²) in [5.74, 6) is -0.945. The Morgan fingerprint density at radius 2 is 2.03 bits per heavy atom. The van der Waals surface area contributed by atoms with Crippen molar-refractivity contribution in [2.75, 3.05) is 35.3 Å². The van der Waals surface area contributed by atoms with Gasteiger partial charge in [-0.15, -0.1) is 0 Å². The van der Waals surface area contributed by atoms with E-state index in [1.807, 2.05) is 6.26 Å². The first-order valence-corrected chi connectivity index (χ1v) is 12.4. The molecule has 1 heterocycles. The second-order valence-corrected chi connectivity index (χ2v) is 9.48. The minimum absolute atomic E-state index is 0.217. The Hall–Kier alpha value is -2.63. The molecule has 0 radical (unpaired) electrons. The Kier molecular flexibility index (Phi) is 7.52. The molecule has 31 heavy (non-hydrogen) atoms. The molecule has 0 bridgehead atoms. The first-order chi connectivity index (χ1) is 14.8. The maximum absolute atomic E-state index is 14.0. The van der Waals surface area contributed by atoms with E-state index in [2.05, 4.69) is 15.4 Å². The normalized spacial score (nSPS) is 14.9. The van der Waals surface area contributed by atoms with Gasteiger partial charge in [0.1, 0.15) is 16.8 Å². The zero-order valence-corrected chi connectivity index (χ0v) is 18.4. The van der Waals surface area contributed by atoms with E-state index in [4.69, 9.17) is 0 Å². The number of hydrogen-bond donors (Lipinski definition) is 3. The summed E-state index contributed by atoms with van der Waals surface area (Å²) in [6.45, 7) is 1.04. The lowest BCUT2D eigenvalue weighted by molar-refractivity contribution is -0.117. The summed E-state index contributed by atoms with van der Waals surface area (Å²) in [6.07, 6.45) is 2.06. The van der Waals surface area contributed by atoms with E-state index in [-0.39, 0.29) is 12.5 Å². The Morgan fingerprint density at radius 1 is 1.26 bits per heavy atom. The van der Waals surface area contributed by atoms with Crippen LogP contribution in [0.25, 0.3) is 0 Å². The molecule has 0 spiro atoms. The Balaban J connectivity index is 1.77. The summed E-state index contributed by atoms with van der Waals surface area (Å²) in [5, 5.41) is 5.40. The van der Waals surface area contributed by atoms with Gasteiger partial charge in [0.05, 0.1) is 0 Å². The van der Waals surface area contributed by atoms with Gasteiger partial charge in [-0.2, -0.15) is 16.5 Å². The van der Waals surface area contributed by atoms with E-state index in [1.54, 1.807) is 29.2 Å². The van der Waals surface area contributed by atoms with Crippen LogP contribution in [-0.2, 0) is 14.8 Å². The highest BCUT2D eigenvalue weighted by atomic mass is 32.2. The molecular weight excluding hydrogens is 443 g/mol. The molecule has 166 valence electrons. The molecule has 3 N–H and O–H groups in total. The van der Waals surface area contributed by atoms with Gasteiger partial charge >= 0.3 is 6.03 Å². The first kappa shape index (κ1) is 23.0. The van der Waals surface area contributed by atoms with Crippen molar-refractivity contribution in [3.63, 3.8) is 0 Å². The van der Waals surface area contributed by atoms with Gasteiger partial charge in [-0.05, 0) is 48.8 Å². The number of urea groups is 1. The van der Waals surface area contributed by atoms with Crippen LogP contribution in [0.1, 0.15) is 6.42 Å². The molecule has 0 saturated carbocycles. The number of sulfonamides is 1. The number of carbonyl (C=O) groups is 2. The van der Waals surface area contributed by atoms with Gasteiger partial charge in [-0.25, -0.2) is 17.6 Å². The predicted molar refractivity (Wildman–Crippen MR) is 119 cm³/mol. The van der Waals surface area contributed by atoms with Crippen LogP contribution >= 0.6 is 11.8 Å². The fourth-order valence-electron chi connectivity index (χ4n) is 3.09. The minimum atomic E-state index is -4.24. The van der Waals surface area contributed by atoms with Crippen molar-refractivity contribution < 1.29 is 22.4 Å². The number of thioether (sulfide) groups is 1. The van der Waals surface area contributed by atoms with Gasteiger partial charge in [0.2, 0.25) is 15.9 Å². The van der Waals surface area contributed by atoms with Crippen molar-refractivity contribution in [1.29, 1.82) is 0 Å². The van der Waals surface area contributed by atoms with Crippen molar-refractivity contribution in [2.45, 2.75) is 17.4 Å². The van der Waals surface area contributed by atoms with Crippen LogP contribution in [0.15, 0.2) is 53.4 Å². The fraction of sp³-hybridized carbons (Fsp3) is 0.300. The van der Waals surface area contributed by atoms with Crippen LogP contribution in [0.4, 0.5) is 20.6 Å². The SMILES string of the molecule is CSCCC(NS(=O)(=O)c1ccccc1F)C(=O)Nc1cccc(N2CCNC2=O)c1. The van der Waals surface area contributed by atoms with Crippen LogP contribution in [0.5, 0.6) is 0 Å². The lowest BCUT2D eigenvalue weighted by atomic mass is 10.2. The van der Waals surface area contributed by atoms with E-state index < -0.39 is 32.7 Å². The molecular formula is C20H23FN4O4S2. The number of nitrogens with zero attached hydrogens (tertiary/aromatic N) is 1. The molecule has 1 saturated heterocycles. The van der Waals surface area contributed by atoms with Gasteiger partial charge < -0.3 is 10.6 Å². The third-order valence-corrected chi connectivity index (χ3v) is 6.78. The fourth-order valence-corrected chi connectivity index (χ4v) is 4.87. The lowest BCUT2D eigenvalue weighted by Gasteiger charge is -2.20. The topological polar surface area (TPSA) is 108 Å². The number of anilines is 2. The van der Waals surface area contributed by atoms with Crippen LogP contribution in [0, 0.1) is 5.82 Å². The third kappa shape index (κ3) is 5.75. The number of rotatable bonds is 9. The Morgan fingerprint density at radius 3 is 2.71 bits per heavy atom. The van der Waals surface area contributed by atoms with Gasteiger partial charge in [0, 0.05) is 24.5 Å². The maximum Gasteiger partial charge on any atom is 0.321 e. The second-order valence-electron chi connectivity index (χ2n) is 6.81. The highest BCUT2D eigenvalue weighted by molar-refractivity contribution is 7.98. The third-order valence-electron chi connectivity index (χ3n) is 4.63. The van der Waals surface area contributed by atoms with Crippen LogP contribution in [0.2, 0.25) is 0 Å². The van der Waals surface area contributed by atoms with Crippen molar-refractivity contribution >= 4 is 45.1 Å². The average Bonchev–Trinajstić information content (AvgIpc) is 3.17. The van der Waals surface area contributed by atoms with Crippen LogP contribution in [0.3, 0.4) is 0 Å². The molecule has 3 amide bonds. The molecule has 11 heteroatoms. The molecule has 2 aromatic rings. The molecule has 1 fully saturated rings. The zero-order chi connectivity index (χ0) is 22.4. The summed E-state index contributed by atoms with van der Waals surface area (Å²) in [7, 11) is -4.24. The summed E-state index contributed by atoms with van der Waals surface area (Å²) in [5.41, 5.74) is 1.03. The van der Waals surface area contributed by atoms with Crippen molar-refractivity contribution in [2.24, 2.45) is 0 Å². The van der Waals surface area contributed by atoms with Crippen molar-refractivity contribution in [3.8, 4) is 0 Å². The van der Waals surface area contributed by atoms with Gasteiger partial charge in [-0.1, -0.05) is 18.2 Å². The smallest absolute Gasteiger partial charge is 0.321 e. The number of hydrogen-bond acceptors (Lipinski definition) is 5. The average molecular weight is 467 g/mol. The van der Waals surface area contributed by atoms with E-state index in [1.165, 1.54) is 23.9 Å². The standard InChI is InChI=1S/C20H23FN4O4S2/c1-30-12-9-17(24-31(28,29)18-8-3-2-7-16(18)21)19(26)23-14-5-4-6-15(13-14)25-11-10-22-20(25)27/h2-8,13,17,24H,9-12H2,1H3,(H,22,27)(H,23,26). The van der Waals surface area contributed by atoms with Gasteiger partial charge in [-0.3, -0.25) is 9.69 Å². The quantitative estimate of drug-likeness (QED) is 0.526. The molecule has 0 aromatic heterocycles. The zero-order valence-electron chi connectivity index (χ0n) is 16.8.